The van der Waals surface area contributed by atoms with Crippen LogP contribution in [0, 0.1) is 0 Å². The number of hydrogen-bond acceptors (Lipinski definition) is 2. The van der Waals surface area contributed by atoms with Gasteiger partial charge in [0, 0.05) is 6.42 Å². The van der Waals surface area contributed by atoms with Crippen LogP contribution in [-0.2, 0) is 4.79 Å². The number of unbranched alkanes of at least 4 members (excludes halogenated alkanes) is 10. The summed E-state index contributed by atoms with van der Waals surface area (Å²) in [6.07, 6.45) is 15.0. The first-order chi connectivity index (χ1) is 10.0. The first-order valence-corrected chi connectivity index (χ1v) is 8.97. The van der Waals surface area contributed by atoms with E-state index in [-0.39, 0.29) is 5.91 Å². The van der Waals surface area contributed by atoms with Crippen molar-refractivity contribution >= 4 is 5.91 Å². The van der Waals surface area contributed by atoms with Crippen molar-refractivity contribution in [2.75, 3.05) is 20.6 Å². The van der Waals surface area contributed by atoms with Gasteiger partial charge in [-0.25, -0.2) is 0 Å². The lowest BCUT2D eigenvalue weighted by Gasteiger charge is -2.01. The molecule has 0 unspecified atom stereocenters. The van der Waals surface area contributed by atoms with Crippen molar-refractivity contribution in [1.29, 1.82) is 0 Å². The molecular weight excluding hydrogens is 260 g/mol. The molecule has 0 rings (SSSR count). The number of carbonyl (C=O) groups is 1. The van der Waals surface area contributed by atoms with Gasteiger partial charge >= 0.3 is 0 Å². The Morgan fingerprint density at radius 2 is 1.10 bits per heavy atom. The van der Waals surface area contributed by atoms with Gasteiger partial charge in [0.15, 0.2) is 0 Å². The fourth-order valence-electron chi connectivity index (χ4n) is 1.96. The molecule has 0 atom stereocenters. The second-order valence-electron chi connectivity index (χ2n) is 6.15. The van der Waals surface area contributed by atoms with E-state index in [1.54, 1.807) is 0 Å². The number of rotatable bonds is 13. The number of amides is 1. The van der Waals surface area contributed by atoms with E-state index in [1.807, 2.05) is 0 Å². The van der Waals surface area contributed by atoms with Crippen molar-refractivity contribution in [1.82, 2.24) is 4.90 Å². The van der Waals surface area contributed by atoms with Crippen molar-refractivity contribution in [3.8, 4) is 0 Å². The lowest BCUT2D eigenvalue weighted by Crippen LogP contribution is -2.09. The molecule has 0 aliphatic carbocycles. The molecule has 0 aromatic rings. The fraction of sp³-hybridized carbons (Fsp3) is 0.944. The Kier molecular flexibility index (Phi) is 21.0. The van der Waals surface area contributed by atoms with Crippen LogP contribution in [0.15, 0.2) is 0 Å². The Bertz CT molecular complexity index is 205. The third-order valence-corrected chi connectivity index (χ3v) is 3.66. The van der Waals surface area contributed by atoms with Gasteiger partial charge in [0.1, 0.15) is 0 Å². The summed E-state index contributed by atoms with van der Waals surface area (Å²) in [5.41, 5.74) is 5.07. The highest BCUT2D eigenvalue weighted by Gasteiger charge is 1.95. The monoisotopic (exact) mass is 300 g/mol. The minimum absolute atomic E-state index is 0.157. The van der Waals surface area contributed by atoms with Crippen LogP contribution < -0.4 is 5.73 Å². The zero-order valence-corrected chi connectivity index (χ0v) is 15.1. The zero-order chi connectivity index (χ0) is 16.3. The Balaban J connectivity index is 0. The molecule has 21 heavy (non-hydrogen) atoms. The third kappa shape index (κ3) is 28.3. The standard InChI is InChI=1S/C14H29NO.C4H11N/c1-2-3-4-5-6-7-8-9-10-11-12-13-14(15)16;1-4-5(2)3/h2-13H2,1H3,(H2,15,16);4H2,1-3H3. The maximum absolute atomic E-state index is 10.5. The van der Waals surface area contributed by atoms with Gasteiger partial charge in [-0.15, -0.1) is 0 Å². The van der Waals surface area contributed by atoms with E-state index in [1.165, 1.54) is 64.2 Å². The molecule has 3 heteroatoms. The summed E-state index contributed by atoms with van der Waals surface area (Å²) in [5, 5.41) is 0. The second-order valence-corrected chi connectivity index (χ2v) is 6.15. The van der Waals surface area contributed by atoms with Gasteiger partial charge in [0.05, 0.1) is 0 Å². The SMILES string of the molecule is CCCCCCCCCCCCCC(N)=O.CCN(C)C. The van der Waals surface area contributed by atoms with Gasteiger partial charge in [0.2, 0.25) is 5.91 Å². The van der Waals surface area contributed by atoms with Gasteiger partial charge in [-0.05, 0) is 27.1 Å². The van der Waals surface area contributed by atoms with Crippen LogP contribution in [0.5, 0.6) is 0 Å². The Labute approximate surface area is 133 Å². The summed E-state index contributed by atoms with van der Waals surface area (Å²) >= 11 is 0. The molecule has 0 saturated heterocycles. The van der Waals surface area contributed by atoms with E-state index in [4.69, 9.17) is 5.73 Å². The quantitative estimate of drug-likeness (QED) is 0.499. The lowest BCUT2D eigenvalue weighted by molar-refractivity contribution is -0.118. The summed E-state index contributed by atoms with van der Waals surface area (Å²) < 4.78 is 0. The molecule has 0 aliphatic heterocycles. The van der Waals surface area contributed by atoms with Crippen molar-refractivity contribution < 1.29 is 4.79 Å². The summed E-state index contributed by atoms with van der Waals surface area (Å²) in [6, 6.07) is 0. The maximum Gasteiger partial charge on any atom is 0.217 e. The number of nitrogens with two attached hydrogens (primary N) is 1. The minimum Gasteiger partial charge on any atom is -0.370 e. The highest BCUT2D eigenvalue weighted by atomic mass is 16.1. The molecule has 0 aromatic heterocycles. The van der Waals surface area contributed by atoms with E-state index < -0.39 is 0 Å². The molecule has 0 bridgehead atoms. The van der Waals surface area contributed by atoms with Crippen molar-refractivity contribution in [2.45, 2.75) is 90.9 Å². The van der Waals surface area contributed by atoms with Gasteiger partial charge in [-0.3, -0.25) is 4.79 Å². The van der Waals surface area contributed by atoms with Crippen molar-refractivity contribution in [3.05, 3.63) is 0 Å². The van der Waals surface area contributed by atoms with Gasteiger partial charge < -0.3 is 10.6 Å². The molecule has 3 nitrogen and oxygen atoms in total. The minimum atomic E-state index is -0.157. The Hall–Kier alpha value is -0.570. The largest absolute Gasteiger partial charge is 0.370 e. The summed E-state index contributed by atoms with van der Waals surface area (Å²) in [6.45, 7) is 5.52. The molecule has 0 heterocycles. The highest BCUT2D eigenvalue weighted by molar-refractivity contribution is 5.73. The number of carbonyl (C=O) groups excluding carboxylic acids is 1. The highest BCUT2D eigenvalue weighted by Crippen LogP contribution is 2.11. The summed E-state index contributed by atoms with van der Waals surface area (Å²) in [4.78, 5) is 12.6. The van der Waals surface area contributed by atoms with Crippen LogP contribution in [0.1, 0.15) is 90.9 Å². The van der Waals surface area contributed by atoms with E-state index in [2.05, 4.69) is 32.8 Å². The van der Waals surface area contributed by atoms with E-state index in [0.717, 1.165) is 13.0 Å². The molecule has 0 fully saturated rings. The molecule has 0 spiro atoms. The molecule has 0 aromatic carbocycles. The lowest BCUT2D eigenvalue weighted by atomic mass is 10.1. The average molecular weight is 301 g/mol. The van der Waals surface area contributed by atoms with Crippen LogP contribution in [-0.4, -0.2) is 31.4 Å². The Morgan fingerprint density at radius 1 is 0.762 bits per heavy atom. The number of nitrogens with zero attached hydrogens (tertiary/aromatic N) is 1. The fourth-order valence-corrected chi connectivity index (χ4v) is 1.96. The molecular formula is C18H40N2O. The molecule has 0 radical (unpaired) electrons. The van der Waals surface area contributed by atoms with Crippen LogP contribution >= 0.6 is 0 Å². The maximum atomic E-state index is 10.5. The van der Waals surface area contributed by atoms with Crippen LogP contribution in [0.2, 0.25) is 0 Å². The Morgan fingerprint density at radius 3 is 1.38 bits per heavy atom. The molecule has 128 valence electrons. The summed E-state index contributed by atoms with van der Waals surface area (Å²) in [7, 11) is 4.11. The van der Waals surface area contributed by atoms with E-state index >= 15 is 0 Å². The predicted molar refractivity (Wildman–Crippen MR) is 94.5 cm³/mol. The second kappa shape index (κ2) is 19.4. The normalized spacial score (nSPS) is 10.3. The molecule has 1 amide bonds. The first kappa shape index (κ1) is 22.7. The van der Waals surface area contributed by atoms with Crippen molar-refractivity contribution in [2.24, 2.45) is 5.73 Å². The van der Waals surface area contributed by atoms with E-state index in [0.29, 0.717) is 6.42 Å². The van der Waals surface area contributed by atoms with Gasteiger partial charge in [0.25, 0.3) is 0 Å². The topological polar surface area (TPSA) is 46.3 Å². The van der Waals surface area contributed by atoms with E-state index in [9.17, 15) is 4.79 Å². The number of hydrogen-bond donors (Lipinski definition) is 1. The number of primary amides is 1. The smallest absolute Gasteiger partial charge is 0.217 e. The van der Waals surface area contributed by atoms with Crippen LogP contribution in [0.25, 0.3) is 0 Å². The zero-order valence-electron chi connectivity index (χ0n) is 15.1. The molecule has 0 saturated carbocycles. The van der Waals surface area contributed by atoms with Gasteiger partial charge in [-0.1, -0.05) is 78.1 Å². The molecule has 0 aliphatic rings. The van der Waals surface area contributed by atoms with Gasteiger partial charge in [-0.2, -0.15) is 0 Å². The van der Waals surface area contributed by atoms with Crippen LogP contribution in [0.3, 0.4) is 0 Å². The first-order valence-electron chi connectivity index (χ1n) is 8.97. The van der Waals surface area contributed by atoms with Crippen LogP contribution in [0.4, 0.5) is 0 Å². The average Bonchev–Trinajstić information content (AvgIpc) is 2.45. The third-order valence-electron chi connectivity index (χ3n) is 3.66. The predicted octanol–water partition coefficient (Wildman–Crippen LogP) is 4.74. The summed E-state index contributed by atoms with van der Waals surface area (Å²) in [5.74, 6) is -0.157. The van der Waals surface area contributed by atoms with Crippen molar-refractivity contribution in [3.63, 3.8) is 0 Å². The molecule has 2 N–H and O–H groups in total.